The van der Waals surface area contributed by atoms with Crippen molar-refractivity contribution >= 4 is 17.5 Å². The van der Waals surface area contributed by atoms with Crippen LogP contribution in [-0.2, 0) is 0 Å². The number of carbonyl (C=O) groups excluding carboxylic acids is 1. The van der Waals surface area contributed by atoms with Gasteiger partial charge in [-0.2, -0.15) is 0 Å². The molecule has 2 rings (SSSR count). The molecule has 0 aliphatic carbocycles. The van der Waals surface area contributed by atoms with Gasteiger partial charge in [-0.15, -0.1) is 0 Å². The number of hydrogen-bond donors (Lipinski definition) is 0. The third-order valence-electron chi connectivity index (χ3n) is 3.81. The molecule has 1 atom stereocenters. The van der Waals surface area contributed by atoms with Gasteiger partial charge in [-0.1, -0.05) is 18.5 Å². The molecule has 1 aliphatic rings. The van der Waals surface area contributed by atoms with E-state index < -0.39 is 0 Å². The highest BCUT2D eigenvalue weighted by Crippen LogP contribution is 2.17. The number of pyridine rings is 1. The quantitative estimate of drug-likeness (QED) is 0.853. The molecule has 1 saturated heterocycles. The minimum Gasteiger partial charge on any atom is -0.336 e. The predicted octanol–water partition coefficient (Wildman–Crippen LogP) is 2.29. The van der Waals surface area contributed by atoms with Crippen molar-refractivity contribution in [2.75, 3.05) is 26.2 Å². The van der Waals surface area contributed by atoms with Crippen LogP contribution in [0.5, 0.6) is 0 Å². The summed E-state index contributed by atoms with van der Waals surface area (Å²) in [5, 5.41) is 0.476. The summed E-state index contributed by atoms with van der Waals surface area (Å²) in [5.41, 5.74) is 0.501. The number of amides is 1. The molecular formula is C14H20ClN3O. The van der Waals surface area contributed by atoms with E-state index in [4.69, 9.17) is 11.6 Å². The van der Waals surface area contributed by atoms with Crippen molar-refractivity contribution in [3.05, 3.63) is 29.0 Å². The summed E-state index contributed by atoms with van der Waals surface area (Å²) in [6.45, 7) is 7.80. The fraction of sp³-hybridized carbons (Fsp3) is 0.571. The monoisotopic (exact) mass is 281 g/mol. The molecule has 2 heterocycles. The number of aromatic nitrogens is 1. The van der Waals surface area contributed by atoms with Gasteiger partial charge in [0.1, 0.15) is 0 Å². The second-order valence-corrected chi connectivity index (χ2v) is 5.35. The average Bonchev–Trinajstić information content (AvgIpc) is 2.46. The van der Waals surface area contributed by atoms with Crippen LogP contribution in [-0.4, -0.2) is 52.9 Å². The third-order valence-corrected chi connectivity index (χ3v) is 4.14. The first kappa shape index (κ1) is 14.3. The van der Waals surface area contributed by atoms with E-state index in [1.165, 1.54) is 0 Å². The Morgan fingerprint density at radius 3 is 2.68 bits per heavy atom. The molecule has 1 aromatic heterocycles. The van der Waals surface area contributed by atoms with Crippen LogP contribution in [0.2, 0.25) is 5.02 Å². The van der Waals surface area contributed by atoms with Gasteiger partial charge >= 0.3 is 0 Å². The second-order valence-electron chi connectivity index (χ2n) is 4.94. The lowest BCUT2D eigenvalue weighted by molar-refractivity contribution is 0.0579. The molecule has 19 heavy (non-hydrogen) atoms. The lowest BCUT2D eigenvalue weighted by Crippen LogP contribution is -2.51. The van der Waals surface area contributed by atoms with E-state index in [1.54, 1.807) is 18.5 Å². The molecule has 0 saturated carbocycles. The van der Waals surface area contributed by atoms with Crippen LogP contribution in [0.3, 0.4) is 0 Å². The zero-order valence-corrected chi connectivity index (χ0v) is 12.2. The summed E-state index contributed by atoms with van der Waals surface area (Å²) in [4.78, 5) is 20.6. The lowest BCUT2D eigenvalue weighted by atomic mass is 10.1. The molecule has 104 valence electrons. The van der Waals surface area contributed by atoms with Gasteiger partial charge in [0, 0.05) is 44.6 Å². The minimum atomic E-state index is -0.0121. The largest absolute Gasteiger partial charge is 0.336 e. The minimum absolute atomic E-state index is 0.0121. The molecule has 0 radical (unpaired) electrons. The zero-order chi connectivity index (χ0) is 13.8. The molecule has 1 unspecified atom stereocenters. The Kier molecular flexibility index (Phi) is 4.77. The second kappa shape index (κ2) is 6.35. The molecular weight excluding hydrogens is 262 g/mol. The van der Waals surface area contributed by atoms with Crippen molar-refractivity contribution in [2.24, 2.45) is 0 Å². The zero-order valence-electron chi connectivity index (χ0n) is 11.5. The molecule has 1 amide bonds. The van der Waals surface area contributed by atoms with Gasteiger partial charge in [0.2, 0.25) is 0 Å². The molecule has 0 aromatic carbocycles. The van der Waals surface area contributed by atoms with Gasteiger partial charge in [0.15, 0.2) is 0 Å². The fourth-order valence-corrected chi connectivity index (χ4v) is 2.52. The van der Waals surface area contributed by atoms with Crippen LogP contribution in [0.15, 0.2) is 18.5 Å². The van der Waals surface area contributed by atoms with Crippen LogP contribution >= 0.6 is 11.6 Å². The Labute approximate surface area is 119 Å². The topological polar surface area (TPSA) is 36.4 Å². The SMILES string of the molecule is CCC(C)N1CCN(C(=O)c2cnccc2Cl)CC1. The third kappa shape index (κ3) is 3.25. The van der Waals surface area contributed by atoms with Crippen molar-refractivity contribution < 1.29 is 4.79 Å². The number of piperazine rings is 1. The van der Waals surface area contributed by atoms with Crippen molar-refractivity contribution in [2.45, 2.75) is 26.3 Å². The van der Waals surface area contributed by atoms with Gasteiger partial charge < -0.3 is 4.90 Å². The van der Waals surface area contributed by atoms with Crippen molar-refractivity contribution in [1.29, 1.82) is 0 Å². The first-order valence-corrected chi connectivity index (χ1v) is 7.14. The molecule has 4 nitrogen and oxygen atoms in total. The Bertz CT molecular complexity index is 444. The smallest absolute Gasteiger partial charge is 0.257 e. The van der Waals surface area contributed by atoms with Gasteiger partial charge in [-0.25, -0.2) is 0 Å². The first-order valence-electron chi connectivity index (χ1n) is 6.76. The van der Waals surface area contributed by atoms with E-state index in [9.17, 15) is 4.79 Å². The Balaban J connectivity index is 1.98. The maximum absolute atomic E-state index is 12.3. The molecule has 0 N–H and O–H groups in total. The first-order chi connectivity index (χ1) is 9.13. The van der Waals surface area contributed by atoms with E-state index in [0.717, 1.165) is 32.6 Å². The van der Waals surface area contributed by atoms with Gasteiger partial charge in [-0.05, 0) is 19.4 Å². The predicted molar refractivity (Wildman–Crippen MR) is 76.5 cm³/mol. The summed E-state index contributed by atoms with van der Waals surface area (Å²) < 4.78 is 0. The molecule has 0 bridgehead atoms. The average molecular weight is 282 g/mol. The summed E-state index contributed by atoms with van der Waals surface area (Å²) >= 11 is 6.04. The van der Waals surface area contributed by atoms with Crippen LogP contribution in [0.1, 0.15) is 30.6 Å². The Morgan fingerprint density at radius 1 is 1.42 bits per heavy atom. The number of rotatable bonds is 3. The normalized spacial score (nSPS) is 18.4. The summed E-state index contributed by atoms with van der Waals surface area (Å²) in [6.07, 6.45) is 4.29. The standard InChI is InChI=1S/C14H20ClN3O/c1-3-11(2)17-6-8-18(9-7-17)14(19)12-10-16-5-4-13(12)15/h4-5,10-11H,3,6-9H2,1-2H3. The highest BCUT2D eigenvalue weighted by atomic mass is 35.5. The molecule has 1 aromatic rings. The van der Waals surface area contributed by atoms with E-state index in [1.807, 2.05) is 4.90 Å². The van der Waals surface area contributed by atoms with Gasteiger partial charge in [0.25, 0.3) is 5.91 Å². The highest BCUT2D eigenvalue weighted by molar-refractivity contribution is 6.33. The fourth-order valence-electron chi connectivity index (χ4n) is 2.33. The molecule has 5 heteroatoms. The van der Waals surface area contributed by atoms with Crippen LogP contribution in [0, 0.1) is 0 Å². The summed E-state index contributed by atoms with van der Waals surface area (Å²) in [6, 6.07) is 2.24. The van der Waals surface area contributed by atoms with Crippen LogP contribution in [0.25, 0.3) is 0 Å². The van der Waals surface area contributed by atoms with E-state index in [2.05, 4.69) is 23.7 Å². The number of halogens is 1. The lowest BCUT2D eigenvalue weighted by Gasteiger charge is -2.37. The Morgan fingerprint density at radius 2 is 2.11 bits per heavy atom. The van der Waals surface area contributed by atoms with E-state index in [-0.39, 0.29) is 5.91 Å². The van der Waals surface area contributed by atoms with E-state index >= 15 is 0 Å². The van der Waals surface area contributed by atoms with Crippen LogP contribution < -0.4 is 0 Å². The molecule has 0 spiro atoms. The summed E-state index contributed by atoms with van der Waals surface area (Å²) in [5.74, 6) is -0.0121. The number of nitrogens with zero attached hydrogens (tertiary/aromatic N) is 3. The highest BCUT2D eigenvalue weighted by Gasteiger charge is 2.25. The maximum Gasteiger partial charge on any atom is 0.257 e. The molecule has 1 fully saturated rings. The van der Waals surface area contributed by atoms with Gasteiger partial charge in [-0.3, -0.25) is 14.7 Å². The van der Waals surface area contributed by atoms with Crippen molar-refractivity contribution in [3.63, 3.8) is 0 Å². The maximum atomic E-state index is 12.3. The van der Waals surface area contributed by atoms with E-state index in [0.29, 0.717) is 16.6 Å². The summed E-state index contributed by atoms with van der Waals surface area (Å²) in [7, 11) is 0. The number of carbonyl (C=O) groups is 1. The Hall–Kier alpha value is -1.13. The van der Waals surface area contributed by atoms with Crippen molar-refractivity contribution in [3.8, 4) is 0 Å². The number of hydrogen-bond acceptors (Lipinski definition) is 3. The van der Waals surface area contributed by atoms with Crippen LogP contribution in [0.4, 0.5) is 0 Å². The van der Waals surface area contributed by atoms with Gasteiger partial charge in [0.05, 0.1) is 10.6 Å². The van der Waals surface area contributed by atoms with Crippen molar-refractivity contribution in [1.82, 2.24) is 14.8 Å². The molecule has 1 aliphatic heterocycles.